The standard InChI is InChI=1S/C45H78O10/c1-3-5-7-9-11-13-15-17-19-21-23-25-27-29-31-33-40(47)52-36-38(37-53-45-44(51)43(50)42(49)39(35-46)55-45)54-41(48)34-32-30-28-26-24-22-20-18-16-14-12-10-8-6-4-2/h6,8,10,12,14,16,18,20,38-39,42-46,49-51H,3-5,7,9,11,13,15,17,19,21-37H2,1-2H3/b8-6+,12-10+,16-14+,20-18+/t38-,39-,42+,43?,44?,45-/m0/s1. The van der Waals surface area contributed by atoms with E-state index in [-0.39, 0.29) is 32.0 Å². The Balaban J connectivity index is 2.36. The number of aliphatic hydroxyl groups is 4. The molecule has 1 saturated heterocycles. The summed E-state index contributed by atoms with van der Waals surface area (Å²) in [5.41, 5.74) is 0. The smallest absolute Gasteiger partial charge is 0.306 e. The summed E-state index contributed by atoms with van der Waals surface area (Å²) in [7, 11) is 0. The average molecular weight is 779 g/mol. The number of ether oxygens (including phenoxy) is 4. The van der Waals surface area contributed by atoms with Crippen LogP contribution in [0.5, 0.6) is 0 Å². The van der Waals surface area contributed by atoms with Gasteiger partial charge in [0.1, 0.15) is 31.0 Å². The maximum atomic E-state index is 12.7. The first-order valence-electron chi connectivity index (χ1n) is 21.8. The van der Waals surface area contributed by atoms with Gasteiger partial charge in [0, 0.05) is 12.8 Å². The summed E-state index contributed by atoms with van der Waals surface area (Å²) >= 11 is 0. The molecule has 2 unspecified atom stereocenters. The van der Waals surface area contributed by atoms with Gasteiger partial charge in [-0.25, -0.2) is 0 Å². The molecule has 55 heavy (non-hydrogen) atoms. The fraction of sp³-hybridized carbons (Fsp3) is 0.778. The summed E-state index contributed by atoms with van der Waals surface area (Å²) in [6.45, 7) is 3.26. The van der Waals surface area contributed by atoms with Gasteiger partial charge < -0.3 is 39.4 Å². The molecule has 0 aliphatic carbocycles. The maximum Gasteiger partial charge on any atom is 0.306 e. The second kappa shape index (κ2) is 36.0. The van der Waals surface area contributed by atoms with Crippen molar-refractivity contribution in [2.45, 2.75) is 205 Å². The maximum absolute atomic E-state index is 12.7. The largest absolute Gasteiger partial charge is 0.462 e. The summed E-state index contributed by atoms with van der Waals surface area (Å²) in [4.78, 5) is 25.3. The molecule has 10 nitrogen and oxygen atoms in total. The van der Waals surface area contributed by atoms with Crippen LogP contribution in [0.4, 0.5) is 0 Å². The first-order valence-corrected chi connectivity index (χ1v) is 21.8. The van der Waals surface area contributed by atoms with Crippen LogP contribution in [-0.4, -0.2) is 89.0 Å². The van der Waals surface area contributed by atoms with Gasteiger partial charge in [0.05, 0.1) is 13.2 Å². The number of unbranched alkanes of at least 4 members (excludes halogenated alkanes) is 19. The highest BCUT2D eigenvalue weighted by Gasteiger charge is 2.44. The van der Waals surface area contributed by atoms with Crippen LogP contribution in [-0.2, 0) is 28.5 Å². The van der Waals surface area contributed by atoms with Gasteiger partial charge in [-0.15, -0.1) is 0 Å². The van der Waals surface area contributed by atoms with Crippen molar-refractivity contribution in [1.29, 1.82) is 0 Å². The van der Waals surface area contributed by atoms with Gasteiger partial charge in [-0.2, -0.15) is 0 Å². The normalized spacial score (nSPS) is 21.0. The van der Waals surface area contributed by atoms with Crippen molar-refractivity contribution in [3.05, 3.63) is 48.6 Å². The number of hydrogen-bond donors (Lipinski definition) is 4. The zero-order chi connectivity index (χ0) is 40.2. The Bertz CT molecular complexity index is 1040. The van der Waals surface area contributed by atoms with Crippen LogP contribution in [0.15, 0.2) is 48.6 Å². The van der Waals surface area contributed by atoms with Gasteiger partial charge in [0.15, 0.2) is 12.4 Å². The zero-order valence-electron chi connectivity index (χ0n) is 34.4. The zero-order valence-corrected chi connectivity index (χ0v) is 34.4. The van der Waals surface area contributed by atoms with E-state index in [4.69, 9.17) is 18.9 Å². The van der Waals surface area contributed by atoms with E-state index in [1.807, 2.05) is 30.4 Å². The topological polar surface area (TPSA) is 152 Å². The highest BCUT2D eigenvalue weighted by molar-refractivity contribution is 5.70. The molecule has 1 aliphatic rings. The first-order chi connectivity index (χ1) is 26.8. The molecule has 6 atom stereocenters. The number of esters is 2. The van der Waals surface area contributed by atoms with Crippen molar-refractivity contribution < 1.29 is 49.0 Å². The van der Waals surface area contributed by atoms with Crippen LogP contribution >= 0.6 is 0 Å². The van der Waals surface area contributed by atoms with Gasteiger partial charge in [-0.05, 0) is 32.1 Å². The molecule has 0 aromatic carbocycles. The Labute approximate surface area is 333 Å². The van der Waals surface area contributed by atoms with Crippen LogP contribution in [0.3, 0.4) is 0 Å². The first kappa shape index (κ1) is 50.7. The third-order valence-corrected chi connectivity index (χ3v) is 9.82. The molecule has 4 N–H and O–H groups in total. The van der Waals surface area contributed by atoms with E-state index in [1.54, 1.807) is 0 Å². The van der Waals surface area contributed by atoms with Crippen LogP contribution in [0, 0.1) is 0 Å². The molecule has 1 heterocycles. The molecule has 0 radical (unpaired) electrons. The van der Waals surface area contributed by atoms with E-state index < -0.39 is 49.4 Å². The van der Waals surface area contributed by atoms with Gasteiger partial charge in [-0.3, -0.25) is 9.59 Å². The molecule has 0 spiro atoms. The average Bonchev–Trinajstić information content (AvgIpc) is 3.18. The van der Waals surface area contributed by atoms with E-state index in [1.165, 1.54) is 77.0 Å². The number of allylic oxidation sites excluding steroid dienone is 8. The van der Waals surface area contributed by atoms with Gasteiger partial charge in [0.2, 0.25) is 0 Å². The lowest BCUT2D eigenvalue weighted by Gasteiger charge is -2.39. The minimum atomic E-state index is -1.60. The van der Waals surface area contributed by atoms with E-state index in [9.17, 15) is 30.0 Å². The van der Waals surface area contributed by atoms with E-state index >= 15 is 0 Å². The Morgan fingerprint density at radius 1 is 0.582 bits per heavy atom. The summed E-state index contributed by atoms with van der Waals surface area (Å²) in [5.74, 6) is -0.832. The molecule has 1 fully saturated rings. The number of aliphatic hydroxyl groups excluding tert-OH is 4. The fourth-order valence-corrected chi connectivity index (χ4v) is 6.37. The molecular weight excluding hydrogens is 700 g/mol. The minimum absolute atomic E-state index is 0.204. The summed E-state index contributed by atoms with van der Waals surface area (Å²) in [6, 6.07) is 0. The summed E-state index contributed by atoms with van der Waals surface area (Å²) in [6.07, 6.45) is 34.0. The molecule has 0 aromatic rings. The molecule has 318 valence electrons. The molecule has 0 bridgehead atoms. The van der Waals surface area contributed by atoms with Gasteiger partial charge >= 0.3 is 11.9 Å². The Hall–Kier alpha value is -2.34. The van der Waals surface area contributed by atoms with Crippen molar-refractivity contribution in [1.82, 2.24) is 0 Å². The molecule has 0 amide bonds. The molecule has 0 saturated carbocycles. The number of rotatable bonds is 35. The van der Waals surface area contributed by atoms with Crippen LogP contribution < -0.4 is 0 Å². The Kier molecular flexibility index (Phi) is 33.2. The van der Waals surface area contributed by atoms with Crippen LogP contribution in [0.2, 0.25) is 0 Å². The minimum Gasteiger partial charge on any atom is -0.462 e. The number of carbonyl (C=O) groups excluding carboxylic acids is 2. The summed E-state index contributed by atoms with van der Waals surface area (Å²) < 4.78 is 22.1. The van der Waals surface area contributed by atoms with E-state index in [0.29, 0.717) is 6.42 Å². The quantitative estimate of drug-likeness (QED) is 0.0279. The van der Waals surface area contributed by atoms with Crippen molar-refractivity contribution >= 4 is 11.9 Å². The van der Waals surface area contributed by atoms with Gasteiger partial charge in [-0.1, -0.05) is 172 Å². The SMILES string of the molecule is CC/C=C/C=C/C=C/C=C/CCCCCCCC(=O)O[C@@H](COC(=O)CCCCCCCCCCCCCCCCC)CO[C@H]1O[C@@H](CO)[C@@H](O)C(O)C1O. The molecule has 1 aliphatic heterocycles. The predicted molar refractivity (Wildman–Crippen MR) is 219 cm³/mol. The lowest BCUT2D eigenvalue weighted by atomic mass is 9.99. The van der Waals surface area contributed by atoms with E-state index in [0.717, 1.165) is 57.8 Å². The van der Waals surface area contributed by atoms with Crippen molar-refractivity contribution in [2.24, 2.45) is 0 Å². The Morgan fingerprint density at radius 3 is 1.62 bits per heavy atom. The molecular formula is C45H78O10. The highest BCUT2D eigenvalue weighted by Crippen LogP contribution is 2.22. The number of hydrogen-bond acceptors (Lipinski definition) is 10. The van der Waals surface area contributed by atoms with E-state index in [2.05, 4.69) is 32.1 Å². The number of carbonyl (C=O) groups is 2. The lowest BCUT2D eigenvalue weighted by Crippen LogP contribution is -2.59. The highest BCUT2D eigenvalue weighted by atomic mass is 16.7. The predicted octanol–water partition coefficient (Wildman–Crippen LogP) is 8.88. The fourth-order valence-electron chi connectivity index (χ4n) is 6.37. The van der Waals surface area contributed by atoms with Crippen molar-refractivity contribution in [3.63, 3.8) is 0 Å². The third kappa shape index (κ3) is 27.8. The second-order valence-electron chi connectivity index (χ2n) is 14.9. The molecule has 10 heteroatoms. The monoisotopic (exact) mass is 779 g/mol. The Morgan fingerprint density at radius 2 is 1.07 bits per heavy atom. The van der Waals surface area contributed by atoms with Crippen LogP contribution in [0.1, 0.15) is 168 Å². The molecule has 1 rings (SSSR count). The third-order valence-electron chi connectivity index (χ3n) is 9.82. The second-order valence-corrected chi connectivity index (χ2v) is 14.9. The van der Waals surface area contributed by atoms with Gasteiger partial charge in [0.25, 0.3) is 0 Å². The van der Waals surface area contributed by atoms with Crippen molar-refractivity contribution in [2.75, 3.05) is 19.8 Å². The molecule has 0 aromatic heterocycles. The van der Waals surface area contributed by atoms with Crippen molar-refractivity contribution in [3.8, 4) is 0 Å². The summed E-state index contributed by atoms with van der Waals surface area (Å²) in [5, 5.41) is 40.0. The lowest BCUT2D eigenvalue weighted by molar-refractivity contribution is -0.305. The van der Waals surface area contributed by atoms with Crippen LogP contribution in [0.25, 0.3) is 0 Å².